The van der Waals surface area contributed by atoms with Crippen LogP contribution in [0.1, 0.15) is 12.5 Å². The van der Waals surface area contributed by atoms with E-state index in [0.29, 0.717) is 5.56 Å². The van der Waals surface area contributed by atoms with E-state index >= 15 is 0 Å². The second kappa shape index (κ2) is 6.03. The summed E-state index contributed by atoms with van der Waals surface area (Å²) in [6, 6.07) is 13.0. The molecule has 1 N–H and O–H groups in total. The molecule has 0 unspecified atom stereocenters. The number of benzene rings is 1. The van der Waals surface area contributed by atoms with Crippen LogP contribution in [-0.4, -0.2) is 10.9 Å². The van der Waals surface area contributed by atoms with Gasteiger partial charge in [-0.1, -0.05) is 11.8 Å². The molecule has 2 rings (SSSR count). The van der Waals surface area contributed by atoms with E-state index in [0.717, 1.165) is 15.6 Å². The van der Waals surface area contributed by atoms with Crippen LogP contribution < -0.4 is 5.32 Å². The largest absolute Gasteiger partial charge is 0.326 e. The molecule has 0 bridgehead atoms. The quantitative estimate of drug-likeness (QED) is 0.930. The van der Waals surface area contributed by atoms with E-state index in [9.17, 15) is 4.79 Å². The Morgan fingerprint density at radius 3 is 2.68 bits per heavy atom. The summed E-state index contributed by atoms with van der Waals surface area (Å²) < 4.78 is 0. The molecule has 0 aliphatic carbocycles. The normalized spacial score (nSPS) is 9.68. The molecule has 1 aromatic carbocycles. The lowest BCUT2D eigenvalue weighted by Crippen LogP contribution is -2.05. The van der Waals surface area contributed by atoms with Crippen LogP contribution in [0.25, 0.3) is 0 Å². The molecule has 0 atom stereocenters. The Balaban J connectivity index is 2.11. The van der Waals surface area contributed by atoms with Gasteiger partial charge in [0.2, 0.25) is 5.91 Å². The molecule has 1 heterocycles. The number of anilines is 1. The highest BCUT2D eigenvalue weighted by Gasteiger charge is 2.01. The molecule has 5 heteroatoms. The number of nitrogens with one attached hydrogen (secondary N) is 1. The van der Waals surface area contributed by atoms with E-state index in [1.165, 1.54) is 18.7 Å². The molecule has 0 aliphatic rings. The van der Waals surface area contributed by atoms with Crippen LogP contribution in [0.2, 0.25) is 0 Å². The summed E-state index contributed by atoms with van der Waals surface area (Å²) in [7, 11) is 0. The van der Waals surface area contributed by atoms with Crippen LogP contribution in [0.5, 0.6) is 0 Å². The predicted molar refractivity (Wildman–Crippen MR) is 73.8 cm³/mol. The molecule has 0 aliphatic heterocycles. The topological polar surface area (TPSA) is 65.8 Å². The van der Waals surface area contributed by atoms with E-state index in [-0.39, 0.29) is 5.91 Å². The van der Waals surface area contributed by atoms with Gasteiger partial charge in [0, 0.05) is 23.7 Å². The van der Waals surface area contributed by atoms with E-state index < -0.39 is 0 Å². The lowest BCUT2D eigenvalue weighted by Gasteiger charge is -2.04. The maximum atomic E-state index is 10.9. The summed E-state index contributed by atoms with van der Waals surface area (Å²) in [5.41, 5.74) is 1.35. The number of nitriles is 1. The molecule has 1 aromatic heterocycles. The van der Waals surface area contributed by atoms with Crippen molar-refractivity contribution in [2.75, 3.05) is 5.32 Å². The molecule has 19 heavy (non-hydrogen) atoms. The van der Waals surface area contributed by atoms with Crippen LogP contribution in [0.3, 0.4) is 0 Å². The molecule has 2 aromatic rings. The Bertz CT molecular complexity index is 632. The molecule has 0 fully saturated rings. The fourth-order valence-corrected chi connectivity index (χ4v) is 2.28. The summed E-state index contributed by atoms with van der Waals surface area (Å²) in [5, 5.41) is 12.3. The molecule has 0 spiro atoms. The van der Waals surface area contributed by atoms with Crippen LogP contribution in [0.15, 0.2) is 52.5 Å². The highest BCUT2D eigenvalue weighted by atomic mass is 32.2. The third-order valence-corrected chi connectivity index (χ3v) is 3.20. The predicted octanol–water partition coefficient (Wildman–Crippen LogP) is 3.06. The van der Waals surface area contributed by atoms with Crippen LogP contribution in [-0.2, 0) is 4.79 Å². The molecule has 0 radical (unpaired) electrons. The smallest absolute Gasteiger partial charge is 0.221 e. The highest BCUT2D eigenvalue weighted by Crippen LogP contribution is 2.27. The zero-order valence-electron chi connectivity index (χ0n) is 10.3. The number of rotatable bonds is 3. The number of nitrogens with zero attached hydrogens (tertiary/aromatic N) is 2. The molecule has 4 nitrogen and oxygen atoms in total. The summed E-state index contributed by atoms with van der Waals surface area (Å²) in [4.78, 5) is 16.1. The fourth-order valence-electron chi connectivity index (χ4n) is 1.47. The number of pyridine rings is 1. The van der Waals surface area contributed by atoms with Gasteiger partial charge >= 0.3 is 0 Å². The first kappa shape index (κ1) is 13.1. The average molecular weight is 269 g/mol. The molecule has 94 valence electrons. The SMILES string of the molecule is CC(=O)Nc1ccc(Sc2cc(C#N)ccn2)cc1. The second-order valence-corrected chi connectivity index (χ2v) is 4.90. The minimum atomic E-state index is -0.0937. The minimum absolute atomic E-state index is 0.0937. The van der Waals surface area contributed by atoms with Crippen LogP contribution >= 0.6 is 11.8 Å². The Kier molecular flexibility index (Phi) is 4.16. The Labute approximate surface area is 115 Å². The van der Waals surface area contributed by atoms with Crippen molar-refractivity contribution in [3.8, 4) is 6.07 Å². The standard InChI is InChI=1S/C14H11N3OS/c1-10(18)17-12-2-4-13(5-3-12)19-14-8-11(9-15)6-7-16-14/h2-8H,1H3,(H,17,18). The summed E-state index contributed by atoms with van der Waals surface area (Å²) >= 11 is 1.47. The summed E-state index contributed by atoms with van der Waals surface area (Å²) in [5.74, 6) is -0.0937. The van der Waals surface area contributed by atoms with Crippen LogP contribution in [0, 0.1) is 11.3 Å². The van der Waals surface area contributed by atoms with Gasteiger partial charge in [0.05, 0.1) is 11.6 Å². The first-order chi connectivity index (χ1) is 9.17. The summed E-state index contributed by atoms with van der Waals surface area (Å²) in [6.07, 6.45) is 1.62. The van der Waals surface area contributed by atoms with Gasteiger partial charge in [0.25, 0.3) is 0 Å². The van der Waals surface area contributed by atoms with E-state index in [1.807, 2.05) is 24.3 Å². The van der Waals surface area contributed by atoms with E-state index in [4.69, 9.17) is 5.26 Å². The third-order valence-electron chi connectivity index (χ3n) is 2.26. The van der Waals surface area contributed by atoms with Crippen molar-refractivity contribution in [2.24, 2.45) is 0 Å². The average Bonchev–Trinajstić information content (AvgIpc) is 2.41. The van der Waals surface area contributed by atoms with E-state index in [2.05, 4.69) is 16.4 Å². The monoisotopic (exact) mass is 269 g/mol. The minimum Gasteiger partial charge on any atom is -0.326 e. The van der Waals surface area contributed by atoms with E-state index in [1.54, 1.807) is 18.3 Å². The van der Waals surface area contributed by atoms with Crippen molar-refractivity contribution in [3.63, 3.8) is 0 Å². The number of amides is 1. The number of hydrogen-bond acceptors (Lipinski definition) is 4. The van der Waals surface area contributed by atoms with Crippen molar-refractivity contribution in [2.45, 2.75) is 16.8 Å². The molecule has 1 amide bonds. The van der Waals surface area contributed by atoms with Crippen molar-refractivity contribution in [3.05, 3.63) is 48.2 Å². The Morgan fingerprint density at radius 1 is 1.32 bits per heavy atom. The lowest BCUT2D eigenvalue weighted by atomic mass is 10.3. The van der Waals surface area contributed by atoms with Gasteiger partial charge in [-0.25, -0.2) is 4.98 Å². The molecule has 0 saturated heterocycles. The third kappa shape index (κ3) is 3.83. The molecular weight excluding hydrogens is 258 g/mol. The van der Waals surface area contributed by atoms with Crippen molar-refractivity contribution in [1.82, 2.24) is 4.98 Å². The van der Waals surface area contributed by atoms with Gasteiger partial charge in [0.1, 0.15) is 5.03 Å². The molecular formula is C14H11N3OS. The maximum Gasteiger partial charge on any atom is 0.221 e. The van der Waals surface area contributed by atoms with Gasteiger partial charge in [-0.15, -0.1) is 0 Å². The van der Waals surface area contributed by atoms with Gasteiger partial charge in [0.15, 0.2) is 0 Å². The maximum absolute atomic E-state index is 10.9. The van der Waals surface area contributed by atoms with Gasteiger partial charge < -0.3 is 5.32 Å². The zero-order valence-corrected chi connectivity index (χ0v) is 11.1. The first-order valence-electron chi connectivity index (χ1n) is 5.59. The second-order valence-electron chi connectivity index (χ2n) is 3.80. The highest BCUT2D eigenvalue weighted by molar-refractivity contribution is 7.99. The molecule has 0 saturated carbocycles. The lowest BCUT2D eigenvalue weighted by molar-refractivity contribution is -0.114. The number of carbonyl (C=O) groups is 1. The number of carbonyl (C=O) groups excluding carboxylic acids is 1. The zero-order chi connectivity index (χ0) is 13.7. The Morgan fingerprint density at radius 2 is 2.05 bits per heavy atom. The van der Waals surface area contributed by atoms with Gasteiger partial charge in [-0.2, -0.15) is 5.26 Å². The van der Waals surface area contributed by atoms with Crippen molar-refractivity contribution in [1.29, 1.82) is 5.26 Å². The Hall–Kier alpha value is -2.32. The van der Waals surface area contributed by atoms with Crippen LogP contribution in [0.4, 0.5) is 5.69 Å². The number of aromatic nitrogens is 1. The summed E-state index contributed by atoms with van der Waals surface area (Å²) in [6.45, 7) is 1.47. The van der Waals surface area contributed by atoms with Gasteiger partial charge in [-0.05, 0) is 36.4 Å². The fraction of sp³-hybridized carbons (Fsp3) is 0.0714. The number of hydrogen-bond donors (Lipinski definition) is 1. The van der Waals surface area contributed by atoms with Crippen molar-refractivity contribution < 1.29 is 4.79 Å². The first-order valence-corrected chi connectivity index (χ1v) is 6.41. The van der Waals surface area contributed by atoms with Crippen molar-refractivity contribution >= 4 is 23.4 Å². The van der Waals surface area contributed by atoms with Gasteiger partial charge in [-0.3, -0.25) is 4.79 Å².